The van der Waals surface area contributed by atoms with Crippen LogP contribution in [0.1, 0.15) is 82.8 Å². The number of rotatable bonds is 16. The van der Waals surface area contributed by atoms with Crippen LogP contribution in [0.4, 0.5) is 0 Å². The highest BCUT2D eigenvalue weighted by Gasteiger charge is 2.19. The molecule has 1 aliphatic heterocycles. The molecule has 2 aromatic carbocycles. The van der Waals surface area contributed by atoms with Crippen LogP contribution in [-0.2, 0) is 9.53 Å². The number of methoxy groups -OCH3 is 1. The summed E-state index contributed by atoms with van der Waals surface area (Å²) in [5, 5.41) is 9.79. The molecule has 0 spiro atoms. The van der Waals surface area contributed by atoms with Crippen molar-refractivity contribution in [2.45, 2.75) is 77.9 Å². The molecule has 7 nitrogen and oxygen atoms in total. The van der Waals surface area contributed by atoms with Gasteiger partial charge in [-0.2, -0.15) is 5.26 Å². The predicted octanol–water partition coefficient (Wildman–Crippen LogP) is 7.84. The molecule has 0 saturated heterocycles. The molecule has 1 atom stereocenters. The highest BCUT2D eigenvalue weighted by molar-refractivity contribution is 5.90. The van der Waals surface area contributed by atoms with Gasteiger partial charge in [-0.15, -0.1) is 0 Å². The van der Waals surface area contributed by atoms with E-state index >= 15 is 0 Å². The number of carbonyl (C=O) groups is 1. The topological polar surface area (TPSA) is 87.0 Å². The van der Waals surface area contributed by atoms with Crippen LogP contribution in [0.5, 0.6) is 23.0 Å². The number of carbonyl (C=O) groups excluding carboxylic acids is 1. The van der Waals surface area contributed by atoms with Crippen molar-refractivity contribution in [1.82, 2.24) is 0 Å². The van der Waals surface area contributed by atoms with Gasteiger partial charge in [0.15, 0.2) is 23.0 Å². The Morgan fingerprint density at radius 1 is 1.03 bits per heavy atom. The molecule has 0 N–H and O–H groups in total. The monoisotopic (exact) mass is 533 g/mol. The fourth-order valence-electron chi connectivity index (χ4n) is 4.23. The van der Waals surface area contributed by atoms with Crippen LogP contribution in [0.25, 0.3) is 11.6 Å². The number of allylic oxidation sites excluding steroid dienone is 1. The molecule has 1 unspecified atom stereocenters. The van der Waals surface area contributed by atoms with Gasteiger partial charge in [-0.3, -0.25) is 0 Å². The van der Waals surface area contributed by atoms with Crippen molar-refractivity contribution in [3.63, 3.8) is 0 Å². The van der Waals surface area contributed by atoms with Crippen molar-refractivity contribution in [2.75, 3.05) is 13.9 Å². The molecule has 0 amide bonds. The van der Waals surface area contributed by atoms with Gasteiger partial charge in [-0.25, -0.2) is 4.79 Å². The molecule has 1 aliphatic rings. The standard InChI is InChI=1S/C32H39NO6/c1-5-6-7-8-9-10-11-12-13-31(39-32(34)23(2)3)38-28-16-14-24(19-29(28)35-4)18-26(21-33)25-15-17-27-30(20-25)37-22-36-27/h14-20,31H,2,5-13,22H2,1,3-4H3/b26-18+. The molecule has 0 aliphatic carbocycles. The van der Waals surface area contributed by atoms with E-state index in [2.05, 4.69) is 19.6 Å². The Bertz CT molecular complexity index is 1200. The van der Waals surface area contributed by atoms with Crippen LogP contribution < -0.4 is 18.9 Å². The van der Waals surface area contributed by atoms with Gasteiger partial charge in [0.2, 0.25) is 13.1 Å². The first-order valence-electron chi connectivity index (χ1n) is 13.7. The summed E-state index contributed by atoms with van der Waals surface area (Å²) in [7, 11) is 1.55. The quantitative estimate of drug-likeness (QED) is 0.0542. The second-order valence-corrected chi connectivity index (χ2v) is 9.64. The third kappa shape index (κ3) is 9.10. The van der Waals surface area contributed by atoms with Crippen molar-refractivity contribution < 1.29 is 28.5 Å². The van der Waals surface area contributed by atoms with Crippen molar-refractivity contribution in [3.8, 4) is 29.1 Å². The van der Waals surface area contributed by atoms with Gasteiger partial charge in [0.05, 0.1) is 18.8 Å². The van der Waals surface area contributed by atoms with E-state index in [-0.39, 0.29) is 6.79 Å². The van der Waals surface area contributed by atoms with Gasteiger partial charge < -0.3 is 23.7 Å². The predicted molar refractivity (Wildman–Crippen MR) is 152 cm³/mol. The molecule has 0 radical (unpaired) electrons. The van der Waals surface area contributed by atoms with Gasteiger partial charge >= 0.3 is 5.97 Å². The number of hydrogen-bond acceptors (Lipinski definition) is 7. The third-order valence-corrected chi connectivity index (χ3v) is 6.44. The van der Waals surface area contributed by atoms with Crippen LogP contribution in [0.2, 0.25) is 0 Å². The zero-order chi connectivity index (χ0) is 28.0. The van der Waals surface area contributed by atoms with Crippen molar-refractivity contribution in [1.29, 1.82) is 5.26 Å². The number of ether oxygens (including phenoxy) is 5. The fourth-order valence-corrected chi connectivity index (χ4v) is 4.23. The van der Waals surface area contributed by atoms with Gasteiger partial charge in [0.25, 0.3) is 0 Å². The zero-order valence-corrected chi connectivity index (χ0v) is 23.3. The molecular formula is C32H39NO6. The Hall–Kier alpha value is -3.92. The zero-order valence-electron chi connectivity index (χ0n) is 23.3. The highest BCUT2D eigenvalue weighted by atomic mass is 16.7. The summed E-state index contributed by atoms with van der Waals surface area (Å²) in [6.07, 6.45) is 11.0. The lowest BCUT2D eigenvalue weighted by atomic mass is 10.0. The maximum absolute atomic E-state index is 12.3. The molecule has 0 aromatic heterocycles. The van der Waals surface area contributed by atoms with Crippen LogP contribution in [-0.4, -0.2) is 26.2 Å². The van der Waals surface area contributed by atoms with Crippen LogP contribution >= 0.6 is 0 Å². The van der Waals surface area contributed by atoms with Crippen molar-refractivity contribution >= 4 is 17.6 Å². The molecule has 39 heavy (non-hydrogen) atoms. The van der Waals surface area contributed by atoms with E-state index in [0.717, 1.165) is 30.4 Å². The highest BCUT2D eigenvalue weighted by Crippen LogP contribution is 2.36. The van der Waals surface area contributed by atoms with Gasteiger partial charge in [0, 0.05) is 12.0 Å². The fraction of sp³-hybridized carbons (Fsp3) is 0.438. The number of nitriles is 1. The van der Waals surface area contributed by atoms with E-state index in [1.165, 1.54) is 32.1 Å². The molecular weight excluding hydrogens is 494 g/mol. The van der Waals surface area contributed by atoms with E-state index in [1.54, 1.807) is 44.4 Å². The maximum Gasteiger partial charge on any atom is 0.336 e. The Kier molecular flexibility index (Phi) is 11.8. The summed E-state index contributed by atoms with van der Waals surface area (Å²) >= 11 is 0. The van der Waals surface area contributed by atoms with E-state index < -0.39 is 12.3 Å². The SMILES string of the molecule is C=C(C)C(=O)OC(CCCCCCCCCC)Oc1ccc(/C=C(\C#N)c2ccc3c(c2)OCO3)cc1OC. The van der Waals surface area contributed by atoms with Crippen molar-refractivity contribution in [3.05, 3.63) is 59.7 Å². The Morgan fingerprint density at radius 3 is 2.44 bits per heavy atom. The minimum Gasteiger partial charge on any atom is -0.493 e. The lowest BCUT2D eigenvalue weighted by Gasteiger charge is -2.21. The number of benzene rings is 2. The summed E-state index contributed by atoms with van der Waals surface area (Å²) in [5.74, 6) is 1.71. The second kappa shape index (κ2) is 15.5. The number of hydrogen-bond donors (Lipinski definition) is 0. The number of esters is 1. The number of nitrogens with zero attached hydrogens (tertiary/aromatic N) is 1. The summed E-state index contributed by atoms with van der Waals surface area (Å²) in [4.78, 5) is 12.3. The van der Waals surface area contributed by atoms with Crippen molar-refractivity contribution in [2.24, 2.45) is 0 Å². The summed E-state index contributed by atoms with van der Waals surface area (Å²) in [5.41, 5.74) is 2.26. The summed E-state index contributed by atoms with van der Waals surface area (Å²) < 4.78 is 28.1. The minimum absolute atomic E-state index is 0.171. The van der Waals surface area contributed by atoms with E-state index in [0.29, 0.717) is 40.6 Å². The first kappa shape index (κ1) is 29.6. The minimum atomic E-state index is -0.757. The van der Waals surface area contributed by atoms with Gasteiger partial charge in [-0.1, -0.05) is 64.5 Å². The molecule has 0 saturated carbocycles. The van der Waals surface area contributed by atoms with Crippen LogP contribution in [0.3, 0.4) is 0 Å². The van der Waals surface area contributed by atoms with Gasteiger partial charge in [0.1, 0.15) is 0 Å². The average Bonchev–Trinajstić information content (AvgIpc) is 3.41. The number of unbranched alkanes of at least 4 members (excludes halogenated alkanes) is 7. The van der Waals surface area contributed by atoms with Crippen LogP contribution in [0, 0.1) is 11.3 Å². The molecule has 1 heterocycles. The summed E-state index contributed by atoms with van der Waals surface area (Å²) in [6, 6.07) is 13.0. The first-order valence-corrected chi connectivity index (χ1v) is 13.7. The first-order chi connectivity index (χ1) is 18.9. The smallest absolute Gasteiger partial charge is 0.336 e. The normalized spacial score (nSPS) is 12.9. The lowest BCUT2D eigenvalue weighted by molar-refractivity contribution is -0.159. The Labute approximate surface area is 232 Å². The second-order valence-electron chi connectivity index (χ2n) is 9.64. The molecule has 3 rings (SSSR count). The average molecular weight is 534 g/mol. The van der Waals surface area contributed by atoms with E-state index in [1.807, 2.05) is 12.1 Å². The maximum atomic E-state index is 12.3. The molecule has 0 bridgehead atoms. The van der Waals surface area contributed by atoms with E-state index in [9.17, 15) is 10.1 Å². The lowest BCUT2D eigenvalue weighted by Crippen LogP contribution is -2.25. The van der Waals surface area contributed by atoms with Crippen LogP contribution in [0.15, 0.2) is 48.6 Å². The van der Waals surface area contributed by atoms with Gasteiger partial charge in [-0.05, 0) is 60.9 Å². The molecule has 208 valence electrons. The third-order valence-electron chi connectivity index (χ3n) is 6.44. The molecule has 7 heteroatoms. The largest absolute Gasteiger partial charge is 0.493 e. The molecule has 2 aromatic rings. The number of fused-ring (bicyclic) bond motifs is 1. The summed E-state index contributed by atoms with van der Waals surface area (Å²) in [6.45, 7) is 7.69. The Balaban J connectivity index is 1.69. The Morgan fingerprint density at radius 2 is 1.74 bits per heavy atom. The van der Waals surface area contributed by atoms with E-state index in [4.69, 9.17) is 23.7 Å². The molecule has 0 fully saturated rings.